The number of aryl methyl sites for hydroxylation is 2. The van der Waals surface area contributed by atoms with Gasteiger partial charge in [-0.05, 0) is 109 Å². The van der Waals surface area contributed by atoms with E-state index in [0.717, 1.165) is 41.7 Å². The summed E-state index contributed by atoms with van der Waals surface area (Å²) in [7, 11) is 0. The number of carbonyl (C=O) groups is 1. The summed E-state index contributed by atoms with van der Waals surface area (Å²) in [5.41, 5.74) is 7.87. The average Bonchev–Trinajstić information content (AvgIpc) is 3.45. The van der Waals surface area contributed by atoms with Crippen LogP contribution in [0.3, 0.4) is 0 Å². The van der Waals surface area contributed by atoms with E-state index in [-0.39, 0.29) is 28.9 Å². The van der Waals surface area contributed by atoms with E-state index in [2.05, 4.69) is 50.2 Å². The Kier molecular flexibility index (Phi) is 7.00. The molecule has 0 heterocycles. The predicted molar refractivity (Wildman–Crippen MR) is 149 cm³/mol. The fourth-order valence-corrected chi connectivity index (χ4v) is 6.66. The number of carbonyl (C=O) groups excluding carboxylic acids is 1. The molecule has 0 spiro atoms. The molecule has 3 aromatic rings. The van der Waals surface area contributed by atoms with Crippen molar-refractivity contribution in [3.63, 3.8) is 0 Å². The second-order valence-electron chi connectivity index (χ2n) is 12.0. The summed E-state index contributed by atoms with van der Waals surface area (Å²) in [5, 5.41) is 0. The van der Waals surface area contributed by atoms with Crippen LogP contribution in [0.15, 0.2) is 54.6 Å². The van der Waals surface area contributed by atoms with Crippen molar-refractivity contribution in [2.24, 2.45) is 11.3 Å². The smallest absolute Gasteiger partial charge is 0.133 e. The fraction of sp³-hybridized carbons (Fsp3) is 0.441. The monoisotopic (exact) mass is 498 g/mol. The maximum absolute atomic E-state index is 15.0. The first-order chi connectivity index (χ1) is 17.6. The van der Waals surface area contributed by atoms with Gasteiger partial charge in [-0.2, -0.15) is 0 Å². The number of hydrogen-bond donors (Lipinski definition) is 0. The molecule has 0 N–H and O–H groups in total. The van der Waals surface area contributed by atoms with Crippen LogP contribution in [-0.4, -0.2) is 5.78 Å². The number of fused-ring (bicyclic) bond motifs is 1. The molecule has 0 aromatic heterocycles. The van der Waals surface area contributed by atoms with Crippen LogP contribution >= 0.6 is 0 Å². The van der Waals surface area contributed by atoms with Crippen LogP contribution in [-0.2, 0) is 17.8 Å². The lowest BCUT2D eigenvalue weighted by Crippen LogP contribution is -2.17. The van der Waals surface area contributed by atoms with Crippen LogP contribution in [0, 0.1) is 24.1 Å². The lowest BCUT2D eigenvalue weighted by atomic mass is 9.75. The van der Waals surface area contributed by atoms with Gasteiger partial charge in [0.1, 0.15) is 24.0 Å². The molecule has 3 heteroatoms. The third-order valence-electron chi connectivity index (χ3n) is 9.05. The van der Waals surface area contributed by atoms with Crippen molar-refractivity contribution < 1.29 is 13.9 Å². The lowest BCUT2D eigenvalue weighted by molar-refractivity contribution is -0.120. The summed E-state index contributed by atoms with van der Waals surface area (Å²) in [5.74, 6) is 1.61. The summed E-state index contributed by atoms with van der Waals surface area (Å²) in [6, 6.07) is 18.2. The van der Waals surface area contributed by atoms with E-state index in [0.29, 0.717) is 18.1 Å². The first-order valence-electron chi connectivity index (χ1n) is 13.8. The fourth-order valence-electron chi connectivity index (χ4n) is 6.66. The van der Waals surface area contributed by atoms with Gasteiger partial charge in [-0.1, -0.05) is 63.1 Å². The van der Waals surface area contributed by atoms with Gasteiger partial charge < -0.3 is 4.74 Å². The van der Waals surface area contributed by atoms with Gasteiger partial charge in [0, 0.05) is 11.5 Å². The molecule has 1 saturated carbocycles. The molecule has 0 unspecified atom stereocenters. The highest BCUT2D eigenvalue weighted by molar-refractivity contribution is 5.79. The number of ketones is 1. The van der Waals surface area contributed by atoms with Crippen molar-refractivity contribution >= 4 is 5.78 Å². The van der Waals surface area contributed by atoms with Gasteiger partial charge in [0.25, 0.3) is 0 Å². The molecular formula is C34H39FO2. The number of ether oxygens (including phenoxy) is 1. The molecule has 2 aliphatic rings. The number of halogens is 1. The average molecular weight is 499 g/mol. The number of rotatable bonds is 7. The van der Waals surface area contributed by atoms with Crippen molar-refractivity contribution in [1.29, 1.82) is 0 Å². The first-order valence-corrected chi connectivity index (χ1v) is 13.8. The van der Waals surface area contributed by atoms with Crippen molar-refractivity contribution in [3.8, 4) is 16.9 Å². The summed E-state index contributed by atoms with van der Waals surface area (Å²) < 4.78 is 21.3. The van der Waals surface area contributed by atoms with Gasteiger partial charge in [0.15, 0.2) is 0 Å². The van der Waals surface area contributed by atoms with Gasteiger partial charge >= 0.3 is 0 Å². The second-order valence-corrected chi connectivity index (χ2v) is 12.0. The SMILES string of the molecule is CC(=O)[C@@H](C)[C@@H]1CCc2ccc(OCc3ccc(-c4cc(C)ccc4F)c([C@@H]4CCCC4(C)C)c3)cc21. The number of benzene rings is 3. The Morgan fingerprint density at radius 2 is 1.84 bits per heavy atom. The van der Waals surface area contributed by atoms with Gasteiger partial charge in [-0.25, -0.2) is 4.39 Å². The molecule has 5 rings (SSSR count). The molecule has 2 nitrogen and oxygen atoms in total. The molecule has 0 bridgehead atoms. The first kappa shape index (κ1) is 25.7. The largest absolute Gasteiger partial charge is 0.489 e. The predicted octanol–water partition coefficient (Wildman–Crippen LogP) is 8.93. The summed E-state index contributed by atoms with van der Waals surface area (Å²) in [4.78, 5) is 12.0. The Hall–Kier alpha value is -2.94. The Morgan fingerprint density at radius 3 is 2.57 bits per heavy atom. The minimum atomic E-state index is -0.167. The standard InChI is InChI=1S/C34H39FO2/c1-21-8-15-33(35)31(17-21)28-13-9-24(18-30(28)32-7-6-16-34(32,4)5)20-37-26-12-10-25-11-14-27(29(25)19-26)22(2)23(3)36/h8-10,12-13,15,17-19,22,27,32H,6-7,11,14,16,20H2,1-5H3/t22-,27+,32+/m1/s1. The highest BCUT2D eigenvalue weighted by atomic mass is 19.1. The van der Waals surface area contributed by atoms with Gasteiger partial charge in [0.2, 0.25) is 0 Å². The minimum absolute atomic E-state index is 0.0309. The lowest BCUT2D eigenvalue weighted by Gasteiger charge is -2.30. The molecule has 0 amide bonds. The van der Waals surface area contributed by atoms with Crippen molar-refractivity contribution in [3.05, 3.63) is 88.2 Å². The Balaban J connectivity index is 1.44. The number of Topliss-reactive ketones (excluding diaryl/α,β-unsaturated/α-hetero) is 1. The molecule has 37 heavy (non-hydrogen) atoms. The van der Waals surface area contributed by atoms with E-state index in [1.165, 1.54) is 29.5 Å². The van der Waals surface area contributed by atoms with E-state index < -0.39 is 0 Å². The summed E-state index contributed by atoms with van der Waals surface area (Å²) in [6.45, 7) is 10.9. The highest BCUT2D eigenvalue weighted by Crippen LogP contribution is 2.51. The van der Waals surface area contributed by atoms with Crippen molar-refractivity contribution in [2.75, 3.05) is 0 Å². The maximum atomic E-state index is 15.0. The second kappa shape index (κ2) is 10.1. The van der Waals surface area contributed by atoms with Crippen LogP contribution in [0.4, 0.5) is 4.39 Å². The van der Waals surface area contributed by atoms with Crippen LogP contribution in [0.25, 0.3) is 11.1 Å². The van der Waals surface area contributed by atoms with E-state index >= 15 is 0 Å². The normalized spacial score (nSPS) is 21.0. The van der Waals surface area contributed by atoms with Crippen molar-refractivity contribution in [2.45, 2.75) is 85.2 Å². The molecule has 1 fully saturated rings. The Bertz CT molecular complexity index is 1320. The zero-order chi connectivity index (χ0) is 26.3. The quantitative estimate of drug-likeness (QED) is 0.325. The third-order valence-corrected chi connectivity index (χ3v) is 9.05. The maximum Gasteiger partial charge on any atom is 0.133 e. The molecule has 0 saturated heterocycles. The summed E-state index contributed by atoms with van der Waals surface area (Å²) >= 11 is 0. The highest BCUT2D eigenvalue weighted by Gasteiger charge is 2.37. The van der Waals surface area contributed by atoms with Crippen LogP contribution in [0.5, 0.6) is 5.75 Å². The molecule has 2 aliphatic carbocycles. The zero-order valence-electron chi connectivity index (χ0n) is 22.9. The van der Waals surface area contributed by atoms with Crippen molar-refractivity contribution in [1.82, 2.24) is 0 Å². The molecule has 0 radical (unpaired) electrons. The van der Waals surface area contributed by atoms with Crippen LogP contribution in [0.2, 0.25) is 0 Å². The van der Waals surface area contributed by atoms with Crippen LogP contribution < -0.4 is 4.74 Å². The Morgan fingerprint density at radius 1 is 1.03 bits per heavy atom. The van der Waals surface area contributed by atoms with Gasteiger partial charge in [-0.3, -0.25) is 4.79 Å². The zero-order valence-corrected chi connectivity index (χ0v) is 22.9. The van der Waals surface area contributed by atoms with E-state index in [1.807, 2.05) is 26.0 Å². The topological polar surface area (TPSA) is 26.3 Å². The minimum Gasteiger partial charge on any atom is -0.489 e. The van der Waals surface area contributed by atoms with E-state index in [1.54, 1.807) is 13.0 Å². The Labute approximate surface area is 221 Å². The van der Waals surface area contributed by atoms with Crippen LogP contribution in [0.1, 0.15) is 93.0 Å². The molecule has 3 aromatic carbocycles. The van der Waals surface area contributed by atoms with Gasteiger partial charge in [0.05, 0.1) is 0 Å². The van der Waals surface area contributed by atoms with E-state index in [9.17, 15) is 9.18 Å². The number of hydrogen-bond acceptors (Lipinski definition) is 2. The molecule has 0 aliphatic heterocycles. The molecule has 194 valence electrons. The molecule has 3 atom stereocenters. The van der Waals surface area contributed by atoms with Gasteiger partial charge in [-0.15, -0.1) is 0 Å². The molecular weight excluding hydrogens is 459 g/mol. The van der Waals surface area contributed by atoms with E-state index in [4.69, 9.17) is 4.74 Å². The third kappa shape index (κ3) is 5.10. The summed E-state index contributed by atoms with van der Waals surface area (Å²) in [6.07, 6.45) is 5.55.